The summed E-state index contributed by atoms with van der Waals surface area (Å²) in [5.74, 6) is -71.8. The van der Waals surface area contributed by atoms with Crippen molar-refractivity contribution in [1.29, 1.82) is 0 Å². The zero-order chi connectivity index (χ0) is 51.1. The maximum atomic E-state index is 15.4. The summed E-state index contributed by atoms with van der Waals surface area (Å²) in [6, 6.07) is 9.09. The van der Waals surface area contributed by atoms with Gasteiger partial charge < -0.3 is 4.74 Å². The molecule has 1 aliphatic carbocycles. The third-order valence-corrected chi connectivity index (χ3v) is 10.9. The number of esters is 1. The Morgan fingerprint density at radius 3 is 1.13 bits per heavy atom. The molecule has 0 amide bonds. The van der Waals surface area contributed by atoms with Crippen molar-refractivity contribution in [1.82, 2.24) is 4.98 Å². The minimum atomic E-state index is -7.22. The minimum absolute atomic E-state index is 0.00680. The van der Waals surface area contributed by atoms with Crippen molar-refractivity contribution in [3.63, 3.8) is 0 Å². The fraction of sp³-hybridized carbons (Fsp3) is 0.163. The molecule has 69 heavy (non-hydrogen) atoms. The van der Waals surface area contributed by atoms with Gasteiger partial charge in [0.2, 0.25) is 24.2 Å². The molecule has 1 saturated carbocycles. The molecular weight excluding hydrogens is 983 g/mol. The van der Waals surface area contributed by atoms with Crippen molar-refractivity contribution in [2.75, 3.05) is 0 Å². The Bertz CT molecular complexity index is 2660. The Morgan fingerprint density at radius 1 is 0.478 bits per heavy atom. The molecule has 0 saturated heterocycles. The van der Waals surface area contributed by atoms with Crippen molar-refractivity contribution < 1.29 is 107 Å². The average Bonchev–Trinajstić information content (AvgIpc) is 3.34. The molecule has 5 aromatic carbocycles. The van der Waals surface area contributed by atoms with Gasteiger partial charge in [-0.25, -0.2) is 97.6 Å². The maximum Gasteiger partial charge on any atom is 0.363 e. The van der Waals surface area contributed by atoms with Crippen molar-refractivity contribution in [3.8, 4) is 0 Å². The van der Waals surface area contributed by atoms with E-state index >= 15 is 35.1 Å². The Morgan fingerprint density at radius 2 is 0.797 bits per heavy atom. The molecule has 26 heteroatoms. The molecule has 1 fully saturated rings. The second-order valence-corrected chi connectivity index (χ2v) is 14.9. The fourth-order valence-electron chi connectivity index (χ4n) is 7.79. The summed E-state index contributed by atoms with van der Waals surface area (Å²) >= 11 is 0. The summed E-state index contributed by atoms with van der Waals surface area (Å²) in [6.07, 6.45) is 2.81. The molecule has 0 unspecified atom stereocenters. The first kappa shape index (κ1) is 51.4. The molecule has 0 atom stereocenters. The Balaban J connectivity index is 0.000000273. The van der Waals surface area contributed by atoms with Gasteiger partial charge in [-0.3, -0.25) is 4.79 Å². The third-order valence-electron chi connectivity index (χ3n) is 10.9. The number of hydrogen-bond donors (Lipinski definition) is 0. The SMILES string of the molecule is Fc1c(F)c(F)c([B-](c2c(F)c(F)c(F)c(F)c2F)(c2c(F)c(F)c(F)c(F)c2F)c2c(F)c(F)c(F)c(F)c2F)c(F)c1F.O=C(C[n+]1ccnc(C(=O)OC2CCCCC2)c1)c1ccccc1. The van der Waals surface area contributed by atoms with E-state index in [4.69, 9.17) is 4.74 Å². The molecule has 6 aromatic rings. The highest BCUT2D eigenvalue weighted by atomic mass is 19.2. The topological polar surface area (TPSA) is 60.1 Å². The normalized spacial score (nSPS) is 13.0. The lowest BCUT2D eigenvalue weighted by Crippen LogP contribution is -2.81. The number of halogens is 20. The summed E-state index contributed by atoms with van der Waals surface area (Å²) in [5.41, 5.74) is -13.4. The van der Waals surface area contributed by atoms with Gasteiger partial charge in [-0.05, 0) is 25.7 Å². The summed E-state index contributed by atoms with van der Waals surface area (Å²) < 4.78 is 301. The van der Waals surface area contributed by atoms with E-state index in [0.29, 0.717) is 5.56 Å². The highest BCUT2D eigenvalue weighted by molar-refractivity contribution is 7.20. The van der Waals surface area contributed by atoms with E-state index in [0.717, 1.165) is 25.7 Å². The largest absolute Gasteiger partial charge is 0.457 e. The summed E-state index contributed by atoms with van der Waals surface area (Å²) in [6.45, 7) is 0.163. The molecule has 0 N–H and O–H groups in total. The number of ketones is 1. The van der Waals surface area contributed by atoms with Crippen LogP contribution in [0.4, 0.5) is 87.8 Å². The van der Waals surface area contributed by atoms with Crippen LogP contribution >= 0.6 is 0 Å². The van der Waals surface area contributed by atoms with E-state index in [1.165, 1.54) is 12.6 Å². The van der Waals surface area contributed by atoms with E-state index in [2.05, 4.69) is 4.98 Å². The highest BCUT2D eigenvalue weighted by Gasteiger charge is 2.52. The number of aromatic nitrogens is 2. The molecule has 1 heterocycles. The molecule has 0 aliphatic heterocycles. The molecule has 7 rings (SSSR count). The maximum absolute atomic E-state index is 15.4. The second kappa shape index (κ2) is 19.9. The van der Waals surface area contributed by atoms with Crippen LogP contribution in [-0.2, 0) is 11.3 Å². The smallest absolute Gasteiger partial charge is 0.363 e. The lowest BCUT2D eigenvalue weighted by Gasteiger charge is -2.44. The number of hydrogen-bond acceptors (Lipinski definition) is 4. The Hall–Kier alpha value is -7.02. The number of nitrogens with zero attached hydrogens (tertiary/aromatic N) is 2. The zero-order valence-electron chi connectivity index (χ0n) is 33.7. The molecule has 0 spiro atoms. The average molecular weight is 1000 g/mol. The van der Waals surface area contributed by atoms with Crippen LogP contribution in [0.3, 0.4) is 0 Å². The van der Waals surface area contributed by atoms with Gasteiger partial charge in [-0.2, -0.15) is 4.57 Å². The highest BCUT2D eigenvalue weighted by Crippen LogP contribution is 2.31. The van der Waals surface area contributed by atoms with Crippen LogP contribution in [-0.4, -0.2) is 29.0 Å². The first-order valence-corrected chi connectivity index (χ1v) is 19.3. The van der Waals surface area contributed by atoms with E-state index in [1.807, 2.05) is 18.2 Å². The van der Waals surface area contributed by atoms with Crippen LogP contribution in [0.1, 0.15) is 53.0 Å². The lowest BCUT2D eigenvalue weighted by molar-refractivity contribution is -0.683. The molecule has 1 aliphatic rings. The molecular formula is C43H21BF20N2O3. The van der Waals surface area contributed by atoms with Crippen molar-refractivity contribution in [2.24, 2.45) is 0 Å². The Kier molecular flexibility index (Phi) is 14.8. The van der Waals surface area contributed by atoms with Gasteiger partial charge in [0.15, 0.2) is 76.0 Å². The van der Waals surface area contributed by atoms with Gasteiger partial charge in [0, 0.05) is 5.56 Å². The van der Waals surface area contributed by atoms with Crippen LogP contribution in [0.15, 0.2) is 48.9 Å². The number of ether oxygens (including phenoxy) is 1. The van der Waals surface area contributed by atoms with Gasteiger partial charge in [0.1, 0.15) is 58.8 Å². The summed E-state index contributed by atoms with van der Waals surface area (Å²) in [7, 11) is 0. The van der Waals surface area contributed by atoms with Gasteiger partial charge in [0.25, 0.3) is 0 Å². The van der Waals surface area contributed by atoms with Crippen molar-refractivity contribution >= 4 is 39.7 Å². The first-order valence-electron chi connectivity index (χ1n) is 19.3. The molecule has 0 radical (unpaired) electrons. The molecule has 364 valence electrons. The number of benzene rings is 5. The van der Waals surface area contributed by atoms with Crippen LogP contribution in [0.25, 0.3) is 0 Å². The van der Waals surface area contributed by atoms with Gasteiger partial charge in [0.05, 0.1) is 6.20 Å². The molecule has 0 bridgehead atoms. The minimum Gasteiger partial charge on any atom is -0.457 e. The van der Waals surface area contributed by atoms with E-state index in [-0.39, 0.29) is 24.1 Å². The van der Waals surface area contributed by atoms with Gasteiger partial charge >= 0.3 is 5.97 Å². The standard InChI is InChI=1S/C24BF20.C19H21N2O3/c26-5-1(6(27)14(35)21(42)13(5)34)25(2-7(28)15(36)22(43)16(37)8(2)29,3-9(30)17(38)23(44)18(39)10(3)31)4-11(32)19(40)24(45)20(41)12(4)33;22-18(15-7-3-1-4-8-15)14-21-12-11-20-17(13-21)19(23)24-16-9-5-2-6-10-16/h;1,3-4,7-8,11-13,16H,2,5-6,9-10,14H2/q-1;+1. The molecule has 1 aromatic heterocycles. The first-order chi connectivity index (χ1) is 32.4. The summed E-state index contributed by atoms with van der Waals surface area (Å²) in [4.78, 5) is 28.6. The van der Waals surface area contributed by atoms with Crippen LogP contribution in [0, 0.1) is 116 Å². The van der Waals surface area contributed by atoms with Crippen molar-refractivity contribution in [2.45, 2.75) is 44.8 Å². The fourth-order valence-corrected chi connectivity index (χ4v) is 7.79. The number of rotatable bonds is 9. The Labute approximate surface area is 372 Å². The number of Topliss-reactive ketones (excluding diaryl/α,β-unsaturated/α-hetero) is 1. The third kappa shape index (κ3) is 8.83. The van der Waals surface area contributed by atoms with E-state index in [1.54, 1.807) is 29.1 Å². The van der Waals surface area contributed by atoms with E-state index in [9.17, 15) is 62.3 Å². The van der Waals surface area contributed by atoms with Gasteiger partial charge in [-0.15, -0.1) is 21.9 Å². The predicted molar refractivity (Wildman–Crippen MR) is 197 cm³/mol. The van der Waals surface area contributed by atoms with Crippen LogP contribution in [0.2, 0.25) is 0 Å². The number of carbonyl (C=O) groups is 2. The number of carbonyl (C=O) groups excluding carboxylic acids is 2. The predicted octanol–water partition coefficient (Wildman–Crippen LogP) is 8.59. The quantitative estimate of drug-likeness (QED) is 0.0277. The van der Waals surface area contributed by atoms with E-state index < -0.39 is 150 Å². The zero-order valence-corrected chi connectivity index (χ0v) is 33.7. The monoisotopic (exact) mass is 1000 g/mol. The van der Waals surface area contributed by atoms with Crippen LogP contribution < -0.4 is 26.4 Å². The second-order valence-electron chi connectivity index (χ2n) is 14.9. The van der Waals surface area contributed by atoms with Crippen molar-refractivity contribution in [3.05, 3.63) is 177 Å². The molecule has 5 nitrogen and oxygen atoms in total. The lowest BCUT2D eigenvalue weighted by atomic mass is 9.12. The van der Waals surface area contributed by atoms with Gasteiger partial charge in [-0.1, -0.05) is 36.8 Å². The van der Waals surface area contributed by atoms with Crippen LogP contribution in [0.5, 0.6) is 0 Å². The summed E-state index contributed by atoms with van der Waals surface area (Å²) in [5, 5.41) is 0.